The molecule has 1 aromatic heterocycles. The number of carboxylic acid groups (broad SMARTS) is 2. The molecule has 2 heterocycles. The summed E-state index contributed by atoms with van der Waals surface area (Å²) < 4.78 is 38.6. The van der Waals surface area contributed by atoms with E-state index in [4.69, 9.17) is 0 Å². The number of carbonyl (C=O) groups is 2. The quantitative estimate of drug-likeness (QED) is 0.780. The number of aliphatic carboxylic acids is 2. The number of carboxylic acids is 2. The normalized spacial score (nSPS) is 16.2. The van der Waals surface area contributed by atoms with Crippen molar-refractivity contribution in [2.24, 2.45) is 0 Å². The zero-order chi connectivity index (χ0) is 18.2. The number of aromatic nitrogens is 1. The first-order valence-corrected chi connectivity index (χ1v) is 6.72. The van der Waals surface area contributed by atoms with E-state index in [-0.39, 0.29) is 28.1 Å². The summed E-state index contributed by atoms with van der Waals surface area (Å²) in [5.41, 5.74) is -1.63. The number of nitrogens with zero attached hydrogens (tertiary/aromatic N) is 1. The standard InChI is InChI=1S/C15H13F3N2O4/c1-6-10(13(21)22)12(11(14(23)24)7(2)20-6)8-3-4-19-9(5-8)15(16,17)18/h3-5,12,20H,1-2H3,(H,21,22)(H,23,24). The first-order valence-electron chi connectivity index (χ1n) is 6.72. The highest BCUT2D eigenvalue weighted by Gasteiger charge is 2.38. The summed E-state index contributed by atoms with van der Waals surface area (Å²) >= 11 is 0. The molecule has 0 saturated heterocycles. The lowest BCUT2D eigenvalue weighted by molar-refractivity contribution is -0.141. The van der Waals surface area contributed by atoms with Crippen LogP contribution in [0.4, 0.5) is 13.2 Å². The summed E-state index contributed by atoms with van der Waals surface area (Å²) in [7, 11) is 0. The number of alkyl halides is 3. The molecule has 1 aromatic rings. The van der Waals surface area contributed by atoms with Gasteiger partial charge in [0.1, 0.15) is 5.69 Å². The summed E-state index contributed by atoms with van der Waals surface area (Å²) in [5, 5.41) is 21.5. The Labute approximate surface area is 134 Å². The first kappa shape index (κ1) is 17.5. The van der Waals surface area contributed by atoms with Crippen LogP contribution >= 0.6 is 0 Å². The minimum atomic E-state index is -4.73. The lowest BCUT2D eigenvalue weighted by Crippen LogP contribution is -2.31. The van der Waals surface area contributed by atoms with E-state index < -0.39 is 29.7 Å². The number of allylic oxidation sites excluding steroid dienone is 2. The molecule has 3 N–H and O–H groups in total. The topological polar surface area (TPSA) is 99.5 Å². The molecular formula is C15H13F3N2O4. The molecule has 1 aliphatic rings. The molecule has 0 saturated carbocycles. The van der Waals surface area contributed by atoms with E-state index in [0.717, 1.165) is 6.20 Å². The Morgan fingerprint density at radius 1 is 1.12 bits per heavy atom. The van der Waals surface area contributed by atoms with E-state index in [1.165, 1.54) is 19.9 Å². The Bertz CT molecular complexity index is 745. The minimum Gasteiger partial charge on any atom is -0.478 e. The second-order valence-electron chi connectivity index (χ2n) is 5.22. The highest BCUT2D eigenvalue weighted by Crippen LogP contribution is 2.39. The third kappa shape index (κ3) is 3.10. The van der Waals surface area contributed by atoms with Crippen LogP contribution in [0.2, 0.25) is 0 Å². The van der Waals surface area contributed by atoms with Crippen LogP contribution in [0.15, 0.2) is 40.9 Å². The fourth-order valence-corrected chi connectivity index (χ4v) is 2.68. The summed E-state index contributed by atoms with van der Waals surface area (Å²) in [6.45, 7) is 2.84. The van der Waals surface area contributed by atoms with Gasteiger partial charge in [-0.25, -0.2) is 9.59 Å². The highest BCUT2D eigenvalue weighted by atomic mass is 19.4. The molecule has 128 valence electrons. The summed E-state index contributed by atoms with van der Waals surface area (Å²) in [4.78, 5) is 26.3. The van der Waals surface area contributed by atoms with Crippen LogP contribution in [-0.2, 0) is 15.8 Å². The minimum absolute atomic E-state index is 0.104. The Hall–Kier alpha value is -2.84. The van der Waals surface area contributed by atoms with Crippen molar-refractivity contribution in [3.8, 4) is 0 Å². The number of rotatable bonds is 3. The van der Waals surface area contributed by atoms with Gasteiger partial charge in [0.15, 0.2) is 0 Å². The molecule has 0 radical (unpaired) electrons. The second-order valence-corrected chi connectivity index (χ2v) is 5.22. The molecule has 0 aromatic carbocycles. The van der Waals surface area contributed by atoms with Gasteiger partial charge in [-0.05, 0) is 31.5 Å². The molecule has 0 amide bonds. The number of hydrogen-bond acceptors (Lipinski definition) is 4. The first-order chi connectivity index (χ1) is 11.0. The number of dihydropyridines is 1. The predicted octanol–water partition coefficient (Wildman–Crippen LogP) is 2.50. The van der Waals surface area contributed by atoms with E-state index in [1.54, 1.807) is 0 Å². The van der Waals surface area contributed by atoms with Crippen LogP contribution in [0.3, 0.4) is 0 Å². The van der Waals surface area contributed by atoms with E-state index in [1.807, 2.05) is 0 Å². The second kappa shape index (κ2) is 5.99. The van der Waals surface area contributed by atoms with E-state index in [2.05, 4.69) is 10.3 Å². The van der Waals surface area contributed by atoms with Crippen LogP contribution in [0.1, 0.15) is 31.0 Å². The highest BCUT2D eigenvalue weighted by molar-refractivity contribution is 5.98. The number of hydrogen-bond donors (Lipinski definition) is 3. The lowest BCUT2D eigenvalue weighted by atomic mass is 9.80. The van der Waals surface area contributed by atoms with E-state index in [0.29, 0.717) is 6.07 Å². The Balaban J connectivity index is 2.71. The monoisotopic (exact) mass is 342 g/mol. The van der Waals surface area contributed by atoms with Gasteiger partial charge in [0, 0.05) is 17.6 Å². The van der Waals surface area contributed by atoms with Gasteiger partial charge < -0.3 is 15.5 Å². The molecule has 0 bridgehead atoms. The molecule has 1 aliphatic heterocycles. The summed E-state index contributed by atoms with van der Waals surface area (Å²) in [6, 6.07) is 1.85. The number of nitrogens with one attached hydrogen (secondary N) is 1. The van der Waals surface area contributed by atoms with Gasteiger partial charge in [-0.3, -0.25) is 4.98 Å². The Morgan fingerprint density at radius 3 is 2.04 bits per heavy atom. The zero-order valence-electron chi connectivity index (χ0n) is 12.6. The number of halogens is 3. The molecule has 2 rings (SSSR count). The zero-order valence-corrected chi connectivity index (χ0v) is 12.6. The van der Waals surface area contributed by atoms with Gasteiger partial charge in [0.05, 0.1) is 17.1 Å². The fraction of sp³-hybridized carbons (Fsp3) is 0.267. The van der Waals surface area contributed by atoms with Crippen LogP contribution < -0.4 is 5.32 Å². The van der Waals surface area contributed by atoms with Crippen LogP contribution in [-0.4, -0.2) is 27.1 Å². The van der Waals surface area contributed by atoms with E-state index >= 15 is 0 Å². The van der Waals surface area contributed by atoms with Crippen molar-refractivity contribution in [3.05, 3.63) is 52.1 Å². The van der Waals surface area contributed by atoms with Crippen molar-refractivity contribution in [3.63, 3.8) is 0 Å². The van der Waals surface area contributed by atoms with Crippen molar-refractivity contribution >= 4 is 11.9 Å². The summed E-state index contributed by atoms with van der Waals surface area (Å²) in [6.07, 6.45) is -3.85. The van der Waals surface area contributed by atoms with Gasteiger partial charge in [0.2, 0.25) is 0 Å². The molecule has 24 heavy (non-hydrogen) atoms. The van der Waals surface area contributed by atoms with Gasteiger partial charge in [-0.1, -0.05) is 0 Å². The molecule has 0 aliphatic carbocycles. The maximum atomic E-state index is 12.9. The maximum Gasteiger partial charge on any atom is 0.433 e. The summed E-state index contributed by atoms with van der Waals surface area (Å²) in [5.74, 6) is -4.17. The molecule has 0 fully saturated rings. The van der Waals surface area contributed by atoms with Gasteiger partial charge in [0.25, 0.3) is 0 Å². The molecule has 6 nitrogen and oxygen atoms in total. The molecular weight excluding hydrogens is 329 g/mol. The van der Waals surface area contributed by atoms with Crippen molar-refractivity contribution in [1.82, 2.24) is 10.3 Å². The predicted molar refractivity (Wildman–Crippen MR) is 75.8 cm³/mol. The van der Waals surface area contributed by atoms with Crippen molar-refractivity contribution in [1.29, 1.82) is 0 Å². The fourth-order valence-electron chi connectivity index (χ4n) is 2.68. The molecule has 9 heteroatoms. The average molecular weight is 342 g/mol. The maximum absolute atomic E-state index is 12.9. The van der Waals surface area contributed by atoms with Gasteiger partial charge in [-0.15, -0.1) is 0 Å². The van der Waals surface area contributed by atoms with Crippen molar-refractivity contribution < 1.29 is 33.0 Å². The van der Waals surface area contributed by atoms with Crippen LogP contribution in [0.25, 0.3) is 0 Å². The number of pyridine rings is 1. The molecule has 0 atom stereocenters. The molecule has 0 unspecified atom stereocenters. The lowest BCUT2D eigenvalue weighted by Gasteiger charge is -2.28. The molecule has 0 spiro atoms. The third-order valence-electron chi connectivity index (χ3n) is 3.63. The largest absolute Gasteiger partial charge is 0.478 e. The van der Waals surface area contributed by atoms with Crippen LogP contribution in [0, 0.1) is 0 Å². The van der Waals surface area contributed by atoms with Gasteiger partial charge in [-0.2, -0.15) is 13.2 Å². The Kier molecular flexibility index (Phi) is 4.37. The SMILES string of the molecule is CC1=C(C(=O)O)C(c2ccnc(C(F)(F)F)c2)C(C(=O)O)=C(C)N1. The average Bonchev–Trinajstić information content (AvgIpc) is 2.44. The van der Waals surface area contributed by atoms with E-state index in [9.17, 15) is 33.0 Å². The van der Waals surface area contributed by atoms with Crippen molar-refractivity contribution in [2.75, 3.05) is 0 Å². The van der Waals surface area contributed by atoms with Gasteiger partial charge >= 0.3 is 18.1 Å². The van der Waals surface area contributed by atoms with Crippen LogP contribution in [0.5, 0.6) is 0 Å². The van der Waals surface area contributed by atoms with Crippen molar-refractivity contribution in [2.45, 2.75) is 25.9 Å². The Morgan fingerprint density at radius 2 is 1.62 bits per heavy atom. The third-order valence-corrected chi connectivity index (χ3v) is 3.63. The smallest absolute Gasteiger partial charge is 0.433 e.